The fourth-order valence-electron chi connectivity index (χ4n) is 2.83. The fraction of sp³-hybridized carbons (Fsp3) is 0.217. The van der Waals surface area contributed by atoms with E-state index in [1.807, 2.05) is 49.4 Å². The Kier molecular flexibility index (Phi) is 9.86. The van der Waals surface area contributed by atoms with Crippen LogP contribution in [-0.4, -0.2) is 32.6 Å². The molecule has 0 atom stereocenters. The monoisotopic (exact) mass is 550 g/mol. The maximum absolute atomic E-state index is 12.0. The van der Waals surface area contributed by atoms with Gasteiger partial charge in [-0.15, -0.1) is 24.0 Å². The second-order valence-corrected chi connectivity index (χ2v) is 6.48. The number of hydrogen-bond acceptors (Lipinski definition) is 5. The SMILES string of the molecule is CCOc1cc(NC(=NC)NCc2ccc(NC(=O)c3ccco3)cc2)ccc1OC.I. The van der Waals surface area contributed by atoms with Crippen molar-refractivity contribution in [2.24, 2.45) is 4.99 Å². The number of ether oxygens (including phenoxy) is 2. The molecule has 0 fully saturated rings. The van der Waals surface area contributed by atoms with Crippen molar-refractivity contribution in [3.63, 3.8) is 0 Å². The summed E-state index contributed by atoms with van der Waals surface area (Å²) in [4.78, 5) is 16.3. The molecule has 170 valence electrons. The molecule has 2 aromatic carbocycles. The van der Waals surface area contributed by atoms with Crippen LogP contribution in [0.4, 0.5) is 11.4 Å². The molecule has 0 aliphatic heterocycles. The topological polar surface area (TPSA) is 97.1 Å². The first-order chi connectivity index (χ1) is 15.1. The van der Waals surface area contributed by atoms with Gasteiger partial charge in [0.25, 0.3) is 5.91 Å². The molecule has 0 unspecified atom stereocenters. The molecule has 3 N–H and O–H groups in total. The van der Waals surface area contributed by atoms with E-state index < -0.39 is 0 Å². The summed E-state index contributed by atoms with van der Waals surface area (Å²) in [5, 5.41) is 9.29. The van der Waals surface area contributed by atoms with Crippen molar-refractivity contribution in [2.45, 2.75) is 13.5 Å². The zero-order valence-corrected chi connectivity index (χ0v) is 20.5. The number of guanidine groups is 1. The maximum Gasteiger partial charge on any atom is 0.291 e. The number of amides is 1. The molecule has 0 saturated heterocycles. The van der Waals surface area contributed by atoms with E-state index in [2.05, 4.69) is 20.9 Å². The number of rotatable bonds is 8. The number of halogens is 1. The van der Waals surface area contributed by atoms with Crippen LogP contribution in [0.25, 0.3) is 0 Å². The predicted molar refractivity (Wildman–Crippen MR) is 137 cm³/mol. The van der Waals surface area contributed by atoms with E-state index in [-0.39, 0.29) is 35.6 Å². The quantitative estimate of drug-likeness (QED) is 0.213. The Morgan fingerprint density at radius 2 is 1.78 bits per heavy atom. The van der Waals surface area contributed by atoms with Gasteiger partial charge in [0.05, 0.1) is 20.0 Å². The molecular weight excluding hydrogens is 523 g/mol. The van der Waals surface area contributed by atoms with Gasteiger partial charge in [-0.1, -0.05) is 12.1 Å². The number of benzene rings is 2. The van der Waals surface area contributed by atoms with Crippen LogP contribution in [-0.2, 0) is 6.54 Å². The molecule has 0 saturated carbocycles. The molecule has 1 amide bonds. The molecule has 3 rings (SSSR count). The highest BCUT2D eigenvalue weighted by molar-refractivity contribution is 14.0. The third-order valence-electron chi connectivity index (χ3n) is 4.37. The van der Waals surface area contributed by atoms with Gasteiger partial charge in [-0.3, -0.25) is 9.79 Å². The van der Waals surface area contributed by atoms with Crippen molar-refractivity contribution in [3.8, 4) is 11.5 Å². The molecule has 1 heterocycles. The van der Waals surface area contributed by atoms with Crippen molar-refractivity contribution in [1.82, 2.24) is 5.32 Å². The lowest BCUT2D eigenvalue weighted by atomic mass is 10.2. The summed E-state index contributed by atoms with van der Waals surface area (Å²) in [6.45, 7) is 3.03. The number of carbonyl (C=O) groups excluding carboxylic acids is 1. The van der Waals surface area contributed by atoms with Gasteiger partial charge in [0.2, 0.25) is 0 Å². The molecule has 0 bridgehead atoms. The number of furan rings is 1. The first-order valence-electron chi connectivity index (χ1n) is 9.85. The van der Waals surface area contributed by atoms with E-state index in [4.69, 9.17) is 13.9 Å². The van der Waals surface area contributed by atoms with E-state index in [1.54, 1.807) is 26.3 Å². The first kappa shape index (κ1) is 25.1. The fourth-order valence-corrected chi connectivity index (χ4v) is 2.83. The number of hydrogen-bond donors (Lipinski definition) is 3. The van der Waals surface area contributed by atoms with Crippen LogP contribution in [0, 0.1) is 0 Å². The number of carbonyl (C=O) groups is 1. The minimum absolute atomic E-state index is 0. The van der Waals surface area contributed by atoms with Gasteiger partial charge in [-0.2, -0.15) is 0 Å². The van der Waals surface area contributed by atoms with Gasteiger partial charge < -0.3 is 29.8 Å². The van der Waals surface area contributed by atoms with Crippen molar-refractivity contribution >= 4 is 47.2 Å². The normalized spacial score (nSPS) is 10.7. The zero-order chi connectivity index (χ0) is 22.1. The van der Waals surface area contributed by atoms with Gasteiger partial charge in [-0.25, -0.2) is 0 Å². The van der Waals surface area contributed by atoms with E-state index >= 15 is 0 Å². The first-order valence-corrected chi connectivity index (χ1v) is 9.85. The Morgan fingerprint density at radius 3 is 2.41 bits per heavy atom. The third kappa shape index (κ3) is 6.91. The largest absolute Gasteiger partial charge is 0.493 e. The summed E-state index contributed by atoms with van der Waals surface area (Å²) in [7, 11) is 3.31. The molecule has 0 aliphatic carbocycles. The summed E-state index contributed by atoms with van der Waals surface area (Å²) in [6, 6.07) is 16.4. The smallest absolute Gasteiger partial charge is 0.291 e. The Bertz CT molecular complexity index is 1020. The van der Waals surface area contributed by atoms with Crippen LogP contribution >= 0.6 is 24.0 Å². The molecule has 3 aromatic rings. The highest BCUT2D eigenvalue weighted by atomic mass is 127. The molecule has 8 nitrogen and oxygen atoms in total. The molecule has 1 aromatic heterocycles. The van der Waals surface area contributed by atoms with Crippen molar-refractivity contribution < 1.29 is 18.7 Å². The standard InChI is InChI=1S/C23H26N4O4.HI/c1-4-30-21-14-18(11-12-19(21)29-3)27-23(24-2)25-15-16-7-9-17(10-8-16)26-22(28)20-6-5-13-31-20;/h5-14H,4,15H2,1-3H3,(H,26,28)(H2,24,25,27);1H. The zero-order valence-electron chi connectivity index (χ0n) is 18.2. The van der Waals surface area contributed by atoms with Gasteiger partial charge in [0.15, 0.2) is 23.2 Å². The third-order valence-corrected chi connectivity index (χ3v) is 4.37. The minimum atomic E-state index is -0.286. The van der Waals surface area contributed by atoms with Crippen LogP contribution in [0.2, 0.25) is 0 Å². The Balaban J connectivity index is 0.00000363. The van der Waals surface area contributed by atoms with Gasteiger partial charge >= 0.3 is 0 Å². The van der Waals surface area contributed by atoms with Crippen LogP contribution < -0.4 is 25.4 Å². The Labute approximate surface area is 204 Å². The summed E-state index contributed by atoms with van der Waals surface area (Å²) >= 11 is 0. The molecule has 0 radical (unpaired) electrons. The van der Waals surface area contributed by atoms with Crippen LogP contribution in [0.3, 0.4) is 0 Å². The highest BCUT2D eigenvalue weighted by Crippen LogP contribution is 2.30. The summed E-state index contributed by atoms with van der Waals surface area (Å²) < 4.78 is 16.0. The number of nitrogens with one attached hydrogen (secondary N) is 3. The molecule has 0 aliphatic rings. The van der Waals surface area contributed by atoms with Gasteiger partial charge in [0.1, 0.15) is 0 Å². The summed E-state index contributed by atoms with van der Waals surface area (Å²) in [5.74, 6) is 1.94. The summed E-state index contributed by atoms with van der Waals surface area (Å²) in [6.07, 6.45) is 1.47. The number of anilines is 2. The van der Waals surface area contributed by atoms with Crippen molar-refractivity contribution in [2.75, 3.05) is 31.4 Å². The second kappa shape index (κ2) is 12.6. The van der Waals surface area contributed by atoms with Crippen molar-refractivity contribution in [3.05, 3.63) is 72.2 Å². The number of aliphatic imine (C=N–C) groups is 1. The van der Waals surface area contributed by atoms with Crippen LogP contribution in [0.5, 0.6) is 11.5 Å². The maximum atomic E-state index is 12.0. The predicted octanol–water partition coefficient (Wildman–Crippen LogP) is 4.74. The number of nitrogens with zero attached hydrogens (tertiary/aromatic N) is 1. The lowest BCUT2D eigenvalue weighted by Crippen LogP contribution is -2.30. The van der Waals surface area contributed by atoms with E-state index in [0.29, 0.717) is 36.3 Å². The summed E-state index contributed by atoms with van der Waals surface area (Å²) in [5.41, 5.74) is 2.55. The molecule has 32 heavy (non-hydrogen) atoms. The van der Waals surface area contributed by atoms with E-state index in [1.165, 1.54) is 6.26 Å². The minimum Gasteiger partial charge on any atom is -0.493 e. The van der Waals surface area contributed by atoms with Crippen molar-refractivity contribution in [1.29, 1.82) is 0 Å². The van der Waals surface area contributed by atoms with E-state index in [0.717, 1.165) is 11.3 Å². The highest BCUT2D eigenvalue weighted by Gasteiger charge is 2.09. The van der Waals surface area contributed by atoms with E-state index in [9.17, 15) is 4.79 Å². The lowest BCUT2D eigenvalue weighted by Gasteiger charge is -2.15. The lowest BCUT2D eigenvalue weighted by molar-refractivity contribution is 0.0996. The average molecular weight is 550 g/mol. The van der Waals surface area contributed by atoms with Crippen LogP contribution in [0.1, 0.15) is 23.0 Å². The van der Waals surface area contributed by atoms with Crippen LogP contribution in [0.15, 0.2) is 70.3 Å². The molecule has 9 heteroatoms. The molecular formula is C23H27IN4O4. The van der Waals surface area contributed by atoms with Gasteiger partial charge in [0, 0.05) is 31.0 Å². The average Bonchev–Trinajstić information content (AvgIpc) is 3.33. The number of methoxy groups -OCH3 is 1. The van der Waals surface area contributed by atoms with Gasteiger partial charge in [-0.05, 0) is 48.9 Å². The Hall–Kier alpha value is -3.21. The Morgan fingerprint density at radius 1 is 1.03 bits per heavy atom. The second-order valence-electron chi connectivity index (χ2n) is 6.48. The molecule has 0 spiro atoms.